The zero-order valence-corrected chi connectivity index (χ0v) is 12.2. The first kappa shape index (κ1) is 15.3. The normalized spacial score (nSPS) is 21.8. The predicted molar refractivity (Wildman–Crippen MR) is 77.4 cm³/mol. The Kier molecular flexibility index (Phi) is 4.45. The molecule has 1 aliphatic rings. The average Bonchev–Trinajstić information content (AvgIpc) is 2.37. The van der Waals surface area contributed by atoms with E-state index in [0.29, 0.717) is 24.1 Å². The lowest BCUT2D eigenvalue weighted by molar-refractivity contribution is -0.143. The Morgan fingerprint density at radius 2 is 2.05 bits per heavy atom. The number of pyridine rings is 1. The highest BCUT2D eigenvalue weighted by atomic mass is 16.4. The van der Waals surface area contributed by atoms with Gasteiger partial charge in [0.1, 0.15) is 5.56 Å². The number of carbonyl (C=O) groups is 2. The van der Waals surface area contributed by atoms with Crippen molar-refractivity contribution >= 4 is 11.9 Å². The highest BCUT2D eigenvalue weighted by Gasteiger charge is 2.28. The van der Waals surface area contributed by atoms with Crippen molar-refractivity contribution < 1.29 is 14.7 Å². The van der Waals surface area contributed by atoms with Crippen LogP contribution >= 0.6 is 0 Å². The lowest BCUT2D eigenvalue weighted by atomic mass is 9.85. The van der Waals surface area contributed by atoms with Crippen LogP contribution in [-0.4, -0.2) is 28.0 Å². The number of nitrogens with one attached hydrogen (secondary N) is 2. The molecule has 1 aliphatic carbocycles. The van der Waals surface area contributed by atoms with Gasteiger partial charge in [0.05, 0.1) is 5.92 Å². The van der Waals surface area contributed by atoms with Crippen LogP contribution in [0.2, 0.25) is 0 Å². The van der Waals surface area contributed by atoms with Gasteiger partial charge in [0.25, 0.3) is 11.5 Å². The topological polar surface area (TPSA) is 99.3 Å². The van der Waals surface area contributed by atoms with Crippen molar-refractivity contribution in [1.29, 1.82) is 0 Å². The van der Waals surface area contributed by atoms with Gasteiger partial charge in [-0.2, -0.15) is 0 Å². The molecule has 0 spiro atoms. The van der Waals surface area contributed by atoms with Crippen molar-refractivity contribution in [2.24, 2.45) is 5.92 Å². The second kappa shape index (κ2) is 6.11. The van der Waals surface area contributed by atoms with Crippen molar-refractivity contribution in [2.45, 2.75) is 45.6 Å². The number of amides is 1. The lowest BCUT2D eigenvalue weighted by Gasteiger charge is -2.27. The minimum Gasteiger partial charge on any atom is -0.481 e. The van der Waals surface area contributed by atoms with E-state index in [1.165, 1.54) is 0 Å². The van der Waals surface area contributed by atoms with Crippen molar-refractivity contribution in [3.63, 3.8) is 0 Å². The Balaban J connectivity index is 2.12. The monoisotopic (exact) mass is 292 g/mol. The van der Waals surface area contributed by atoms with E-state index in [4.69, 9.17) is 5.11 Å². The average molecular weight is 292 g/mol. The summed E-state index contributed by atoms with van der Waals surface area (Å²) in [6, 6.07) is 1.56. The van der Waals surface area contributed by atoms with Crippen LogP contribution in [0.1, 0.15) is 47.3 Å². The van der Waals surface area contributed by atoms with E-state index in [1.54, 1.807) is 19.9 Å². The number of aromatic nitrogens is 1. The molecule has 2 rings (SSSR count). The fourth-order valence-electron chi connectivity index (χ4n) is 2.94. The Labute approximate surface area is 122 Å². The van der Waals surface area contributed by atoms with Crippen LogP contribution < -0.4 is 10.9 Å². The molecule has 1 aromatic heterocycles. The minimum absolute atomic E-state index is 0.109. The molecular weight excluding hydrogens is 272 g/mol. The van der Waals surface area contributed by atoms with E-state index in [2.05, 4.69) is 10.3 Å². The van der Waals surface area contributed by atoms with Crippen LogP contribution in [0.5, 0.6) is 0 Å². The van der Waals surface area contributed by atoms with Crippen LogP contribution in [0.15, 0.2) is 10.9 Å². The number of aliphatic carboxylic acids is 1. The Bertz CT molecular complexity index is 621. The first-order valence-electron chi connectivity index (χ1n) is 7.12. The molecule has 21 heavy (non-hydrogen) atoms. The Hall–Kier alpha value is -2.11. The summed E-state index contributed by atoms with van der Waals surface area (Å²) in [6.07, 6.45) is 2.58. The lowest BCUT2D eigenvalue weighted by Crippen LogP contribution is -2.42. The van der Waals surface area contributed by atoms with E-state index in [-0.39, 0.29) is 11.6 Å². The summed E-state index contributed by atoms with van der Waals surface area (Å²) in [7, 11) is 0. The number of aromatic amines is 1. The third kappa shape index (κ3) is 3.51. The number of rotatable bonds is 3. The number of H-pyrrole nitrogens is 1. The number of aryl methyl sites for hydroxylation is 2. The van der Waals surface area contributed by atoms with Gasteiger partial charge in [-0.15, -0.1) is 0 Å². The molecule has 6 heteroatoms. The van der Waals surface area contributed by atoms with Crippen LogP contribution in [0.25, 0.3) is 0 Å². The van der Waals surface area contributed by atoms with Gasteiger partial charge < -0.3 is 15.4 Å². The van der Waals surface area contributed by atoms with Crippen molar-refractivity contribution in [1.82, 2.24) is 10.3 Å². The second-order valence-corrected chi connectivity index (χ2v) is 5.71. The molecular formula is C15H20N2O4. The van der Waals surface area contributed by atoms with Gasteiger partial charge in [-0.05, 0) is 44.7 Å². The predicted octanol–water partition coefficient (Wildman–Crippen LogP) is 1.36. The summed E-state index contributed by atoms with van der Waals surface area (Å²) in [5.41, 5.74) is 1.03. The zero-order valence-electron chi connectivity index (χ0n) is 12.2. The quantitative estimate of drug-likeness (QED) is 0.783. The van der Waals surface area contributed by atoms with Gasteiger partial charge in [0.2, 0.25) is 0 Å². The third-order valence-corrected chi connectivity index (χ3v) is 3.95. The van der Waals surface area contributed by atoms with Crippen molar-refractivity contribution in [3.05, 3.63) is 33.2 Å². The highest BCUT2D eigenvalue weighted by Crippen LogP contribution is 2.24. The molecule has 1 fully saturated rings. The van der Waals surface area contributed by atoms with E-state index in [9.17, 15) is 14.4 Å². The molecule has 2 unspecified atom stereocenters. The standard InChI is InChI=1S/C15H20N2O4/c1-8-6-9(2)16-13(18)12(8)14(19)17-11-5-3-4-10(7-11)15(20)21/h6,10-11H,3-5,7H2,1-2H3,(H,16,18)(H,17,19)(H,20,21). The molecule has 1 saturated carbocycles. The molecule has 1 heterocycles. The molecule has 1 amide bonds. The maximum atomic E-state index is 12.3. The summed E-state index contributed by atoms with van der Waals surface area (Å²) in [4.78, 5) is 37.8. The largest absolute Gasteiger partial charge is 0.481 e. The number of carboxylic acids is 1. The number of carboxylic acid groups (broad SMARTS) is 1. The fourth-order valence-corrected chi connectivity index (χ4v) is 2.94. The first-order valence-corrected chi connectivity index (χ1v) is 7.12. The van der Waals surface area contributed by atoms with E-state index in [1.807, 2.05) is 0 Å². The van der Waals surface area contributed by atoms with Crippen LogP contribution in [0.4, 0.5) is 0 Å². The van der Waals surface area contributed by atoms with Gasteiger partial charge in [-0.25, -0.2) is 0 Å². The number of hydrogen-bond acceptors (Lipinski definition) is 3. The molecule has 6 nitrogen and oxygen atoms in total. The summed E-state index contributed by atoms with van der Waals surface area (Å²) in [6.45, 7) is 3.48. The van der Waals surface area contributed by atoms with Crippen molar-refractivity contribution in [3.8, 4) is 0 Å². The highest BCUT2D eigenvalue weighted by molar-refractivity contribution is 5.95. The van der Waals surface area contributed by atoms with Crippen LogP contribution in [0.3, 0.4) is 0 Å². The molecule has 0 saturated heterocycles. The number of carbonyl (C=O) groups excluding carboxylic acids is 1. The van der Waals surface area contributed by atoms with Gasteiger partial charge in [-0.1, -0.05) is 6.42 Å². The van der Waals surface area contributed by atoms with Crippen LogP contribution in [-0.2, 0) is 4.79 Å². The molecule has 0 aliphatic heterocycles. The SMILES string of the molecule is Cc1cc(C)c(C(=O)NC2CCCC(C(=O)O)C2)c(=O)[nH]1. The summed E-state index contributed by atoms with van der Waals surface area (Å²) >= 11 is 0. The van der Waals surface area contributed by atoms with Crippen LogP contribution in [0, 0.1) is 19.8 Å². The maximum Gasteiger partial charge on any atom is 0.306 e. The Morgan fingerprint density at radius 3 is 2.67 bits per heavy atom. The summed E-state index contributed by atoms with van der Waals surface area (Å²) in [5.74, 6) is -1.66. The Morgan fingerprint density at radius 1 is 1.33 bits per heavy atom. The summed E-state index contributed by atoms with van der Waals surface area (Å²) in [5, 5.41) is 11.9. The van der Waals surface area contributed by atoms with E-state index in [0.717, 1.165) is 12.8 Å². The molecule has 3 N–H and O–H groups in total. The second-order valence-electron chi connectivity index (χ2n) is 5.71. The third-order valence-electron chi connectivity index (χ3n) is 3.95. The molecule has 114 valence electrons. The smallest absolute Gasteiger partial charge is 0.306 e. The minimum atomic E-state index is -0.821. The van der Waals surface area contributed by atoms with Gasteiger partial charge >= 0.3 is 5.97 Å². The summed E-state index contributed by atoms with van der Waals surface area (Å²) < 4.78 is 0. The molecule has 2 atom stereocenters. The zero-order chi connectivity index (χ0) is 15.6. The van der Waals surface area contributed by atoms with Gasteiger partial charge in [0.15, 0.2) is 0 Å². The molecule has 0 radical (unpaired) electrons. The van der Waals surface area contributed by atoms with Gasteiger partial charge in [-0.3, -0.25) is 14.4 Å². The molecule has 0 aromatic carbocycles. The van der Waals surface area contributed by atoms with Gasteiger partial charge in [0, 0.05) is 11.7 Å². The van der Waals surface area contributed by atoms with Crippen molar-refractivity contribution in [2.75, 3.05) is 0 Å². The maximum absolute atomic E-state index is 12.3. The van der Waals surface area contributed by atoms with E-state index < -0.39 is 23.4 Å². The fraction of sp³-hybridized carbons (Fsp3) is 0.533. The first-order chi connectivity index (χ1) is 9.88. The number of hydrogen-bond donors (Lipinski definition) is 3. The molecule has 0 bridgehead atoms. The van der Waals surface area contributed by atoms with E-state index >= 15 is 0 Å². The molecule has 1 aromatic rings.